The summed E-state index contributed by atoms with van der Waals surface area (Å²) in [4.78, 5) is 0. The van der Waals surface area contributed by atoms with Crippen molar-refractivity contribution in [3.8, 4) is 0 Å². The van der Waals surface area contributed by atoms with Crippen molar-refractivity contribution in [1.82, 2.24) is 4.67 Å². The molecule has 0 aliphatic carbocycles. The molecule has 1 fully saturated rings. The van der Waals surface area contributed by atoms with Gasteiger partial charge in [-0.1, -0.05) is 9.39 Å². The van der Waals surface area contributed by atoms with E-state index in [2.05, 4.69) is 9.39 Å². The number of aliphatic hydroxyl groups excluding tert-OH is 2. The number of hydrogen-bond acceptors (Lipinski definition) is 3. The van der Waals surface area contributed by atoms with Gasteiger partial charge in [0.15, 0.2) is 0 Å². The van der Waals surface area contributed by atoms with Crippen LogP contribution >= 0.6 is 9.39 Å². The van der Waals surface area contributed by atoms with Gasteiger partial charge in [-0.2, -0.15) is 0 Å². The Morgan fingerprint density at radius 1 is 1.60 bits per heavy atom. The lowest BCUT2D eigenvalue weighted by Gasteiger charge is -2.33. The molecule has 3 atom stereocenters. The molecule has 1 heterocycles. The topological polar surface area (TPSA) is 43.7 Å². The number of nitrogens with zero attached hydrogens (tertiary/aromatic N) is 1. The standard InChI is InChI=1S/C6H14NO2P/c8-4-5-3-6(9)1-2-7(5)10/h5-6,8-9H,1-4,10H2/t5-,6+/m0/s1. The smallest absolute Gasteiger partial charge is 0.0590 e. The molecule has 4 heteroatoms. The minimum Gasteiger partial charge on any atom is -0.395 e. The molecule has 0 bridgehead atoms. The number of aliphatic hydroxyl groups is 2. The van der Waals surface area contributed by atoms with Crippen LogP contribution in [-0.2, 0) is 0 Å². The summed E-state index contributed by atoms with van der Waals surface area (Å²) in [5, 5.41) is 18.0. The maximum atomic E-state index is 9.18. The number of piperidine rings is 1. The summed E-state index contributed by atoms with van der Waals surface area (Å²) >= 11 is 0. The van der Waals surface area contributed by atoms with E-state index in [-0.39, 0.29) is 18.8 Å². The van der Waals surface area contributed by atoms with Crippen molar-refractivity contribution in [3.63, 3.8) is 0 Å². The molecule has 1 saturated heterocycles. The lowest BCUT2D eigenvalue weighted by Crippen LogP contribution is -2.40. The highest BCUT2D eigenvalue weighted by atomic mass is 31.0. The molecular formula is C6H14NO2P. The quantitative estimate of drug-likeness (QED) is 0.517. The van der Waals surface area contributed by atoms with E-state index < -0.39 is 0 Å². The summed E-state index contributed by atoms with van der Waals surface area (Å²) in [6.45, 7) is 0.998. The molecule has 60 valence electrons. The summed E-state index contributed by atoms with van der Waals surface area (Å²) in [5.41, 5.74) is 0. The first-order chi connectivity index (χ1) is 4.74. The van der Waals surface area contributed by atoms with E-state index in [9.17, 15) is 5.11 Å². The summed E-state index contributed by atoms with van der Waals surface area (Å²) < 4.78 is 2.01. The fourth-order valence-corrected chi connectivity index (χ4v) is 1.59. The van der Waals surface area contributed by atoms with E-state index in [4.69, 9.17) is 5.11 Å². The average molecular weight is 163 g/mol. The fraction of sp³-hybridized carbons (Fsp3) is 1.00. The SMILES string of the molecule is OC[C@@H]1C[C@H](O)CCN1P. The van der Waals surface area contributed by atoms with Crippen molar-refractivity contribution >= 4 is 9.39 Å². The first-order valence-electron chi connectivity index (χ1n) is 3.54. The van der Waals surface area contributed by atoms with Crippen LogP contribution in [0.25, 0.3) is 0 Å². The van der Waals surface area contributed by atoms with E-state index in [0.29, 0.717) is 6.42 Å². The van der Waals surface area contributed by atoms with Crippen molar-refractivity contribution in [2.75, 3.05) is 13.2 Å². The summed E-state index contributed by atoms with van der Waals surface area (Å²) in [6, 6.07) is 0.133. The van der Waals surface area contributed by atoms with E-state index >= 15 is 0 Å². The number of hydrogen-bond donors (Lipinski definition) is 2. The molecule has 2 N–H and O–H groups in total. The second kappa shape index (κ2) is 3.63. The second-order valence-electron chi connectivity index (χ2n) is 2.75. The van der Waals surface area contributed by atoms with E-state index in [1.807, 2.05) is 4.67 Å². The van der Waals surface area contributed by atoms with Crippen LogP contribution in [0.15, 0.2) is 0 Å². The lowest BCUT2D eigenvalue weighted by molar-refractivity contribution is 0.0606. The van der Waals surface area contributed by atoms with Gasteiger partial charge in [-0.25, -0.2) is 0 Å². The third-order valence-electron chi connectivity index (χ3n) is 1.94. The molecule has 3 nitrogen and oxygen atoms in total. The Labute approximate surface area is 63.3 Å². The third-order valence-corrected chi connectivity index (χ3v) is 2.62. The molecule has 1 aliphatic rings. The van der Waals surface area contributed by atoms with Gasteiger partial charge in [0.05, 0.1) is 12.7 Å². The molecule has 0 saturated carbocycles. The van der Waals surface area contributed by atoms with E-state index in [1.54, 1.807) is 0 Å². The highest BCUT2D eigenvalue weighted by Gasteiger charge is 2.23. The van der Waals surface area contributed by atoms with Gasteiger partial charge in [-0.3, -0.25) is 4.67 Å². The zero-order valence-corrected chi connectivity index (χ0v) is 7.06. The Hall–Kier alpha value is 0.310. The monoisotopic (exact) mass is 163 g/mol. The minimum atomic E-state index is -0.214. The molecule has 0 amide bonds. The second-order valence-corrected chi connectivity index (χ2v) is 3.42. The predicted molar refractivity (Wildman–Crippen MR) is 42.5 cm³/mol. The van der Waals surface area contributed by atoms with Crippen molar-refractivity contribution in [1.29, 1.82) is 0 Å². The van der Waals surface area contributed by atoms with Gasteiger partial charge in [0.2, 0.25) is 0 Å². The maximum absolute atomic E-state index is 9.18. The molecule has 0 radical (unpaired) electrons. The Balaban J connectivity index is 2.38. The highest BCUT2D eigenvalue weighted by molar-refractivity contribution is 7.13. The van der Waals surface area contributed by atoms with Crippen molar-refractivity contribution in [3.05, 3.63) is 0 Å². The van der Waals surface area contributed by atoms with Crippen LogP contribution in [0.2, 0.25) is 0 Å². The lowest BCUT2D eigenvalue weighted by atomic mass is 10.0. The van der Waals surface area contributed by atoms with Gasteiger partial charge < -0.3 is 10.2 Å². The zero-order valence-electron chi connectivity index (χ0n) is 5.90. The van der Waals surface area contributed by atoms with Crippen LogP contribution in [0.3, 0.4) is 0 Å². The predicted octanol–water partition coefficient (Wildman–Crippen LogP) is -0.406. The van der Waals surface area contributed by atoms with Crippen molar-refractivity contribution in [2.24, 2.45) is 0 Å². The summed E-state index contributed by atoms with van der Waals surface area (Å²) in [7, 11) is 2.57. The fourth-order valence-electron chi connectivity index (χ4n) is 1.23. The molecular weight excluding hydrogens is 149 g/mol. The van der Waals surface area contributed by atoms with Gasteiger partial charge in [-0.05, 0) is 12.8 Å². The molecule has 0 aromatic heterocycles. The van der Waals surface area contributed by atoms with Crippen molar-refractivity contribution in [2.45, 2.75) is 25.0 Å². The van der Waals surface area contributed by atoms with Crippen LogP contribution in [0.4, 0.5) is 0 Å². The van der Waals surface area contributed by atoms with Gasteiger partial charge in [0.25, 0.3) is 0 Å². The van der Waals surface area contributed by atoms with Crippen LogP contribution in [0.5, 0.6) is 0 Å². The van der Waals surface area contributed by atoms with Crippen LogP contribution in [-0.4, -0.2) is 40.2 Å². The van der Waals surface area contributed by atoms with Crippen LogP contribution in [0, 0.1) is 0 Å². The molecule has 0 aromatic rings. The highest BCUT2D eigenvalue weighted by Crippen LogP contribution is 2.19. The summed E-state index contributed by atoms with van der Waals surface area (Å²) in [6.07, 6.45) is 1.30. The molecule has 1 unspecified atom stereocenters. The first kappa shape index (κ1) is 8.41. The van der Waals surface area contributed by atoms with Crippen molar-refractivity contribution < 1.29 is 10.2 Å². The molecule has 0 spiro atoms. The largest absolute Gasteiger partial charge is 0.395 e. The Bertz CT molecular complexity index is 112. The van der Waals surface area contributed by atoms with Crippen LogP contribution in [0.1, 0.15) is 12.8 Å². The Kier molecular flexibility index (Phi) is 3.05. The zero-order chi connectivity index (χ0) is 7.56. The Morgan fingerprint density at radius 3 is 2.80 bits per heavy atom. The first-order valence-corrected chi connectivity index (χ1v) is 4.06. The summed E-state index contributed by atoms with van der Waals surface area (Å²) in [5.74, 6) is 0. The normalized spacial score (nSPS) is 36.3. The molecule has 10 heavy (non-hydrogen) atoms. The molecule has 1 rings (SSSR count). The van der Waals surface area contributed by atoms with Gasteiger partial charge in [0, 0.05) is 12.6 Å². The van der Waals surface area contributed by atoms with E-state index in [0.717, 1.165) is 13.0 Å². The number of rotatable bonds is 1. The molecule has 1 aliphatic heterocycles. The Morgan fingerprint density at radius 2 is 2.30 bits per heavy atom. The van der Waals surface area contributed by atoms with Gasteiger partial charge >= 0.3 is 0 Å². The average Bonchev–Trinajstić information content (AvgIpc) is 1.94. The minimum absolute atomic E-state index is 0.133. The van der Waals surface area contributed by atoms with Gasteiger partial charge in [-0.15, -0.1) is 0 Å². The van der Waals surface area contributed by atoms with Crippen LogP contribution < -0.4 is 0 Å². The maximum Gasteiger partial charge on any atom is 0.0590 e. The molecule has 0 aromatic carbocycles. The van der Waals surface area contributed by atoms with Gasteiger partial charge in [0.1, 0.15) is 0 Å². The van der Waals surface area contributed by atoms with E-state index in [1.165, 1.54) is 0 Å². The third kappa shape index (κ3) is 1.89.